The summed E-state index contributed by atoms with van der Waals surface area (Å²) in [6.45, 7) is 4.18. The molecule has 0 saturated heterocycles. The summed E-state index contributed by atoms with van der Waals surface area (Å²) in [5.41, 5.74) is 2.36. The lowest BCUT2D eigenvalue weighted by atomic mass is 10.0. The molecule has 8 nitrogen and oxygen atoms in total. The van der Waals surface area contributed by atoms with Gasteiger partial charge in [-0.1, -0.05) is 38.1 Å². The minimum atomic E-state index is -1.19. The first-order valence-corrected chi connectivity index (χ1v) is 13.4. The number of ether oxygens (including phenoxy) is 1. The van der Waals surface area contributed by atoms with Crippen LogP contribution in [0.25, 0.3) is 0 Å². The van der Waals surface area contributed by atoms with Gasteiger partial charge in [0.15, 0.2) is 0 Å². The first kappa shape index (κ1) is 29.8. The molecule has 1 aromatic heterocycles. The highest BCUT2D eigenvalue weighted by atomic mass is 19.1. The van der Waals surface area contributed by atoms with Crippen LogP contribution in [0.15, 0.2) is 108 Å². The quantitative estimate of drug-likeness (QED) is 0.212. The number of anilines is 2. The predicted molar refractivity (Wildman–Crippen MR) is 158 cm³/mol. The maximum absolute atomic E-state index is 13.9. The van der Waals surface area contributed by atoms with Gasteiger partial charge in [0.25, 0.3) is 5.91 Å². The van der Waals surface area contributed by atoms with Gasteiger partial charge in [-0.05, 0) is 77.7 Å². The van der Waals surface area contributed by atoms with Gasteiger partial charge in [0.2, 0.25) is 11.8 Å². The number of hydrogen-bond donors (Lipinski definition) is 2. The van der Waals surface area contributed by atoms with Crippen LogP contribution in [0.2, 0.25) is 0 Å². The Balaban J connectivity index is 1.67. The molecule has 0 saturated carbocycles. The molecule has 0 spiro atoms. The molecule has 0 bridgehead atoms. The van der Waals surface area contributed by atoms with Gasteiger partial charge in [-0.15, -0.1) is 0 Å². The molecule has 42 heavy (non-hydrogen) atoms. The lowest BCUT2D eigenvalue weighted by Crippen LogP contribution is -2.43. The van der Waals surface area contributed by atoms with E-state index in [2.05, 4.69) is 10.6 Å². The zero-order valence-corrected chi connectivity index (χ0v) is 23.5. The number of rotatable bonds is 11. The SMILES string of the molecule is COc1ccc(NC(=O)/C=C\C(=O)N(c2ccc(C(C)C)cc2)[C@@H](C(=O)NCc2ccco2)c2ccc(F)cc2)cc1. The summed E-state index contributed by atoms with van der Waals surface area (Å²) < 4.78 is 24.3. The lowest BCUT2D eigenvalue weighted by molar-refractivity contribution is -0.125. The number of amides is 3. The Morgan fingerprint density at radius 3 is 2.17 bits per heavy atom. The van der Waals surface area contributed by atoms with Gasteiger partial charge in [-0.3, -0.25) is 19.3 Å². The highest BCUT2D eigenvalue weighted by Gasteiger charge is 2.32. The monoisotopic (exact) mass is 569 g/mol. The van der Waals surface area contributed by atoms with Crippen molar-refractivity contribution in [1.29, 1.82) is 0 Å². The second-order valence-electron chi connectivity index (χ2n) is 9.76. The third-order valence-corrected chi connectivity index (χ3v) is 6.52. The third kappa shape index (κ3) is 7.72. The second-order valence-corrected chi connectivity index (χ2v) is 9.76. The van der Waals surface area contributed by atoms with Crippen LogP contribution in [0.3, 0.4) is 0 Å². The van der Waals surface area contributed by atoms with Crippen LogP contribution in [-0.4, -0.2) is 24.8 Å². The molecule has 9 heteroatoms. The van der Waals surface area contributed by atoms with Crippen LogP contribution in [0, 0.1) is 5.82 Å². The smallest absolute Gasteiger partial charge is 0.252 e. The maximum atomic E-state index is 13.9. The van der Waals surface area contributed by atoms with E-state index in [1.165, 1.54) is 35.4 Å². The summed E-state index contributed by atoms with van der Waals surface area (Å²) in [4.78, 5) is 41.4. The second kappa shape index (κ2) is 13.9. The zero-order chi connectivity index (χ0) is 30.1. The van der Waals surface area contributed by atoms with Crippen LogP contribution in [0.1, 0.15) is 42.7 Å². The molecule has 2 N–H and O–H groups in total. The Kier molecular flexibility index (Phi) is 9.89. The summed E-state index contributed by atoms with van der Waals surface area (Å²) in [5, 5.41) is 5.50. The van der Waals surface area contributed by atoms with Gasteiger partial charge in [-0.25, -0.2) is 4.39 Å². The van der Waals surface area contributed by atoms with E-state index in [0.717, 1.165) is 17.7 Å². The summed E-state index contributed by atoms with van der Waals surface area (Å²) in [5.74, 6) is -0.762. The number of hydrogen-bond acceptors (Lipinski definition) is 5. The van der Waals surface area contributed by atoms with Crippen molar-refractivity contribution in [3.63, 3.8) is 0 Å². The largest absolute Gasteiger partial charge is 0.497 e. The molecule has 216 valence electrons. The molecule has 0 aliphatic carbocycles. The molecule has 0 unspecified atom stereocenters. The van der Waals surface area contributed by atoms with Crippen molar-refractivity contribution in [3.8, 4) is 5.75 Å². The van der Waals surface area contributed by atoms with Gasteiger partial charge in [0, 0.05) is 23.5 Å². The van der Waals surface area contributed by atoms with E-state index >= 15 is 0 Å². The fourth-order valence-electron chi connectivity index (χ4n) is 4.26. The van der Waals surface area contributed by atoms with Crippen molar-refractivity contribution in [2.75, 3.05) is 17.3 Å². The van der Waals surface area contributed by atoms with E-state index in [1.54, 1.807) is 55.6 Å². The van der Waals surface area contributed by atoms with E-state index in [-0.39, 0.29) is 12.5 Å². The van der Waals surface area contributed by atoms with Crippen LogP contribution >= 0.6 is 0 Å². The lowest BCUT2D eigenvalue weighted by Gasteiger charge is -2.31. The minimum absolute atomic E-state index is 0.0813. The average molecular weight is 570 g/mol. The van der Waals surface area contributed by atoms with Crippen LogP contribution in [0.5, 0.6) is 5.75 Å². The van der Waals surface area contributed by atoms with Gasteiger partial charge < -0.3 is 19.8 Å². The van der Waals surface area contributed by atoms with Crippen molar-refractivity contribution in [3.05, 3.63) is 126 Å². The van der Waals surface area contributed by atoms with Crippen molar-refractivity contribution >= 4 is 29.1 Å². The molecule has 4 rings (SSSR count). The van der Waals surface area contributed by atoms with E-state index < -0.39 is 29.6 Å². The fraction of sp³-hybridized carbons (Fsp3) is 0.182. The maximum Gasteiger partial charge on any atom is 0.252 e. The average Bonchev–Trinajstić information content (AvgIpc) is 3.52. The van der Waals surface area contributed by atoms with Gasteiger partial charge in [-0.2, -0.15) is 0 Å². The van der Waals surface area contributed by atoms with Crippen molar-refractivity contribution in [2.24, 2.45) is 0 Å². The molecule has 3 aromatic carbocycles. The summed E-state index contributed by atoms with van der Waals surface area (Å²) in [7, 11) is 1.54. The Labute approximate surface area is 243 Å². The molecule has 0 radical (unpaired) electrons. The number of furan rings is 1. The van der Waals surface area contributed by atoms with E-state index in [4.69, 9.17) is 9.15 Å². The van der Waals surface area contributed by atoms with Crippen molar-refractivity contribution < 1.29 is 27.9 Å². The van der Waals surface area contributed by atoms with E-state index in [1.807, 2.05) is 26.0 Å². The number of nitrogens with zero attached hydrogens (tertiary/aromatic N) is 1. The summed E-state index contributed by atoms with van der Waals surface area (Å²) >= 11 is 0. The first-order chi connectivity index (χ1) is 20.2. The topological polar surface area (TPSA) is 101 Å². The van der Waals surface area contributed by atoms with Crippen molar-refractivity contribution in [2.45, 2.75) is 32.4 Å². The predicted octanol–water partition coefficient (Wildman–Crippen LogP) is 6.14. The Bertz CT molecular complexity index is 1510. The number of carbonyl (C=O) groups is 3. The molecule has 3 amide bonds. The van der Waals surface area contributed by atoms with Crippen LogP contribution < -0.4 is 20.3 Å². The highest BCUT2D eigenvalue weighted by Crippen LogP contribution is 2.30. The van der Waals surface area contributed by atoms with Crippen LogP contribution in [-0.2, 0) is 20.9 Å². The molecule has 0 fully saturated rings. The Morgan fingerprint density at radius 1 is 0.905 bits per heavy atom. The molecular formula is C33H32FN3O5. The molecule has 4 aromatic rings. The summed E-state index contributed by atoms with van der Waals surface area (Å²) in [6, 6.07) is 21.6. The minimum Gasteiger partial charge on any atom is -0.497 e. The van der Waals surface area contributed by atoms with Gasteiger partial charge in [0.1, 0.15) is 23.4 Å². The van der Waals surface area contributed by atoms with E-state index in [9.17, 15) is 18.8 Å². The molecule has 0 aliphatic heterocycles. The molecule has 0 aliphatic rings. The number of halogens is 1. The number of benzene rings is 3. The number of methoxy groups -OCH3 is 1. The number of carbonyl (C=O) groups excluding carboxylic acids is 3. The molecule has 1 heterocycles. The van der Waals surface area contributed by atoms with Gasteiger partial charge >= 0.3 is 0 Å². The standard InChI is InChI=1S/C33H32FN3O5/c1-22(2)23-8-14-27(15-9-23)37(31(39)19-18-30(38)36-26-12-16-28(41-3)17-13-26)32(24-6-10-25(34)11-7-24)33(40)35-21-29-5-4-20-42-29/h4-20,22,32H,21H2,1-3H3,(H,35,40)(H,36,38)/b19-18-/t32-/m1/s1. The first-order valence-electron chi connectivity index (χ1n) is 13.4. The molecule has 1 atom stereocenters. The highest BCUT2D eigenvalue weighted by molar-refractivity contribution is 6.10. The van der Waals surface area contributed by atoms with Gasteiger partial charge in [0.05, 0.1) is 19.9 Å². The fourth-order valence-corrected chi connectivity index (χ4v) is 4.26. The normalized spacial score (nSPS) is 11.7. The van der Waals surface area contributed by atoms with Crippen LogP contribution in [0.4, 0.5) is 15.8 Å². The zero-order valence-electron chi connectivity index (χ0n) is 23.5. The molecular weight excluding hydrogens is 537 g/mol. The number of nitrogens with one attached hydrogen (secondary N) is 2. The summed E-state index contributed by atoms with van der Waals surface area (Å²) in [6.07, 6.45) is 3.70. The Morgan fingerprint density at radius 2 is 1.57 bits per heavy atom. The van der Waals surface area contributed by atoms with Crippen molar-refractivity contribution in [1.82, 2.24) is 5.32 Å². The third-order valence-electron chi connectivity index (χ3n) is 6.52. The van der Waals surface area contributed by atoms with E-state index in [0.29, 0.717) is 28.4 Å². The Hall–Kier alpha value is -5.18.